The smallest absolute Gasteiger partial charge is 0.397 e. The van der Waals surface area contributed by atoms with Crippen LogP contribution in [-0.2, 0) is 32.5 Å². The van der Waals surface area contributed by atoms with E-state index in [1.165, 1.54) is 16.8 Å². The van der Waals surface area contributed by atoms with Crippen LogP contribution in [0, 0.1) is 22.2 Å². The van der Waals surface area contributed by atoms with Crippen LogP contribution in [0.25, 0.3) is 5.52 Å². The summed E-state index contributed by atoms with van der Waals surface area (Å²) in [5, 5.41) is 24.7. The van der Waals surface area contributed by atoms with Gasteiger partial charge in [0.25, 0.3) is 0 Å². The van der Waals surface area contributed by atoms with Crippen LogP contribution >= 0.6 is 31.3 Å². The van der Waals surface area contributed by atoms with Crippen molar-refractivity contribution in [1.29, 1.82) is 5.26 Å². The zero-order valence-electron chi connectivity index (χ0n) is 24.9. The molecule has 2 aromatic rings. The maximum Gasteiger partial charge on any atom is 0.474 e. The molecule has 1 saturated heterocycles. The van der Waals surface area contributed by atoms with E-state index in [1.807, 2.05) is 0 Å². The summed E-state index contributed by atoms with van der Waals surface area (Å²) in [6, 6.07) is 6.44. The molecule has 1 fully saturated rings. The van der Waals surface area contributed by atoms with Gasteiger partial charge in [0.15, 0.2) is 16.4 Å². The van der Waals surface area contributed by atoms with E-state index < -0.39 is 49.2 Å². The van der Waals surface area contributed by atoms with Gasteiger partial charge in [-0.3, -0.25) is 23.2 Å². The largest absolute Gasteiger partial charge is 0.474 e. The summed E-state index contributed by atoms with van der Waals surface area (Å²) in [5.74, 6) is 0.247. The molecule has 12 nitrogen and oxygen atoms in total. The fraction of sp³-hybridized carbons (Fsp3) is 0.630. The van der Waals surface area contributed by atoms with E-state index in [4.69, 9.17) is 24.0 Å². The number of nitrogen functional groups attached to an aromatic ring is 1. The molecule has 1 aliphatic rings. The summed E-state index contributed by atoms with van der Waals surface area (Å²) < 4.78 is 52.5. The number of nitrogens with two attached hydrogens (primary N) is 1. The zero-order valence-corrected chi connectivity index (χ0v) is 27.5. The van der Waals surface area contributed by atoms with E-state index in [9.17, 15) is 24.5 Å². The highest BCUT2D eigenvalue weighted by atomic mass is 32.2. The molecular formula is C27H38FN4O8PS2. The lowest BCUT2D eigenvalue weighted by Gasteiger charge is -2.26. The van der Waals surface area contributed by atoms with Crippen LogP contribution in [0.1, 0.15) is 53.3 Å². The number of carbonyl (C=O) groups excluding carboxylic acids is 2. The molecule has 3 rings (SSSR count). The van der Waals surface area contributed by atoms with Gasteiger partial charge in [-0.05, 0) is 18.2 Å². The number of aliphatic hydroxyl groups excluding tert-OH is 1. The Balaban J connectivity index is 1.74. The molecule has 0 amide bonds. The number of aromatic nitrogens is 2. The van der Waals surface area contributed by atoms with Crippen molar-refractivity contribution < 1.29 is 42.0 Å². The van der Waals surface area contributed by atoms with Gasteiger partial charge in [-0.2, -0.15) is 10.4 Å². The van der Waals surface area contributed by atoms with Crippen molar-refractivity contribution in [1.82, 2.24) is 9.61 Å². The van der Waals surface area contributed by atoms with Gasteiger partial charge < -0.3 is 15.6 Å². The van der Waals surface area contributed by atoms with Gasteiger partial charge in [0.05, 0.1) is 30.1 Å². The lowest BCUT2D eigenvalue weighted by atomic mass is 9.97. The number of hydrogen-bond acceptors (Lipinski definition) is 13. The summed E-state index contributed by atoms with van der Waals surface area (Å²) >= 11 is 1.96. The topological polar surface area (TPSA) is 175 Å². The van der Waals surface area contributed by atoms with Crippen LogP contribution in [0.2, 0.25) is 0 Å². The number of rotatable bonds is 12. The second-order valence-corrected chi connectivity index (χ2v) is 15.7. The number of anilines is 1. The Morgan fingerprint density at radius 3 is 2.19 bits per heavy atom. The van der Waals surface area contributed by atoms with Crippen LogP contribution in [0.4, 0.5) is 10.1 Å². The maximum absolute atomic E-state index is 15.5. The Morgan fingerprint density at radius 2 is 1.67 bits per heavy atom. The summed E-state index contributed by atoms with van der Waals surface area (Å²) in [6.07, 6.45) is -4.10. The summed E-state index contributed by atoms with van der Waals surface area (Å²) in [4.78, 5) is 24.5. The number of fused-ring (bicyclic) bond motifs is 1. The molecule has 0 unspecified atom stereocenters. The Kier molecular flexibility index (Phi) is 11.5. The van der Waals surface area contributed by atoms with Crippen molar-refractivity contribution in [3.8, 4) is 6.07 Å². The second-order valence-electron chi connectivity index (χ2n) is 11.9. The minimum absolute atomic E-state index is 0.107. The number of halogens is 1. The minimum Gasteiger partial charge on any atom is -0.397 e. The van der Waals surface area contributed by atoms with E-state index in [-0.39, 0.29) is 40.6 Å². The van der Waals surface area contributed by atoms with Crippen LogP contribution in [0.3, 0.4) is 0 Å². The highest BCUT2D eigenvalue weighted by Crippen LogP contribution is 2.52. The molecule has 2 aromatic heterocycles. The molecule has 0 saturated carbocycles. The lowest BCUT2D eigenvalue weighted by Crippen LogP contribution is -2.44. The van der Waals surface area contributed by atoms with Crippen LogP contribution in [0.15, 0.2) is 24.4 Å². The van der Waals surface area contributed by atoms with Gasteiger partial charge in [0.2, 0.25) is 5.60 Å². The number of ether oxygens (including phenoxy) is 1. The van der Waals surface area contributed by atoms with E-state index in [2.05, 4.69) is 5.10 Å². The summed E-state index contributed by atoms with van der Waals surface area (Å²) in [5.41, 5.74) is 3.54. The molecule has 0 aromatic carbocycles. The Morgan fingerprint density at radius 1 is 1.12 bits per heavy atom. The predicted octanol–water partition coefficient (Wildman–Crippen LogP) is 4.72. The number of phosphoric ester groups is 1. The highest BCUT2D eigenvalue weighted by molar-refractivity contribution is 8.14. The van der Waals surface area contributed by atoms with Gasteiger partial charge in [-0.25, -0.2) is 13.5 Å². The molecule has 3 N–H and O–H groups in total. The SMILES string of the molecule is CC(C)(C)C(=O)SCCOP(=O)(OCCSC(=O)C(C)(C)C)OC[C@@]1(C#N)O[C@H](c2ccc3c(N)ccnn23)[C@H](F)[C@@H]1O. The third-order valence-corrected chi connectivity index (χ3v) is 10.2. The number of aliphatic hydroxyl groups is 1. The van der Waals surface area contributed by atoms with Crippen molar-refractivity contribution in [2.75, 3.05) is 37.1 Å². The van der Waals surface area contributed by atoms with E-state index in [0.717, 1.165) is 23.5 Å². The van der Waals surface area contributed by atoms with Crippen LogP contribution < -0.4 is 5.73 Å². The molecule has 238 valence electrons. The number of thioether (sulfide) groups is 2. The van der Waals surface area contributed by atoms with Crippen molar-refractivity contribution in [3.05, 3.63) is 30.1 Å². The molecule has 3 heterocycles. The number of nitrogens with zero attached hydrogens (tertiary/aromatic N) is 3. The second kappa shape index (κ2) is 14.0. The zero-order chi connectivity index (χ0) is 32.2. The van der Waals surface area contributed by atoms with Gasteiger partial charge in [-0.1, -0.05) is 65.1 Å². The first-order chi connectivity index (χ1) is 19.9. The lowest BCUT2D eigenvalue weighted by molar-refractivity contribution is -0.118. The molecule has 4 atom stereocenters. The van der Waals surface area contributed by atoms with E-state index >= 15 is 4.39 Å². The number of carbonyl (C=O) groups is 2. The van der Waals surface area contributed by atoms with Crippen molar-refractivity contribution >= 4 is 52.8 Å². The molecule has 0 aliphatic carbocycles. The quantitative estimate of drug-likeness (QED) is 0.237. The number of hydrogen-bond donors (Lipinski definition) is 2. The molecule has 1 aliphatic heterocycles. The van der Waals surface area contributed by atoms with Crippen molar-refractivity contribution in [2.24, 2.45) is 10.8 Å². The van der Waals surface area contributed by atoms with Gasteiger partial charge in [0, 0.05) is 28.5 Å². The predicted molar refractivity (Wildman–Crippen MR) is 162 cm³/mol. The van der Waals surface area contributed by atoms with Gasteiger partial charge in [-0.15, -0.1) is 0 Å². The first kappa shape index (κ1) is 35.5. The van der Waals surface area contributed by atoms with Crippen LogP contribution in [0.5, 0.6) is 0 Å². The number of alkyl halides is 1. The summed E-state index contributed by atoms with van der Waals surface area (Å²) in [6.45, 7) is 9.25. The van der Waals surface area contributed by atoms with Gasteiger partial charge >= 0.3 is 7.82 Å². The molecule has 16 heteroatoms. The standard InChI is InChI=1S/C27H38FN4O8PS2/c1-25(2,3)23(34)42-13-11-37-41(36,38-12-14-43-24(35)26(4,5)6)39-16-27(15-29)22(33)20(28)21(40-27)19-8-7-18-17(30)9-10-31-32(18)19/h7-10,20-22,33H,11-14,16,30H2,1-6H3/t20-,21+,22-,27+/m0/s1. The van der Waals surface area contributed by atoms with Gasteiger partial charge in [0.1, 0.15) is 24.9 Å². The van der Waals surface area contributed by atoms with Crippen molar-refractivity contribution in [2.45, 2.75) is 65.5 Å². The Hall–Kier alpha value is -2.02. The average molecular weight is 661 g/mol. The van der Waals surface area contributed by atoms with E-state index in [0.29, 0.717) is 11.2 Å². The average Bonchev–Trinajstić information content (AvgIpc) is 3.47. The molecule has 0 bridgehead atoms. The fourth-order valence-electron chi connectivity index (χ4n) is 3.81. The Labute approximate surface area is 258 Å². The first-order valence-corrected chi connectivity index (χ1v) is 16.9. The first-order valence-electron chi connectivity index (χ1n) is 13.5. The van der Waals surface area contributed by atoms with Crippen LogP contribution in [-0.4, -0.2) is 74.2 Å². The Bertz CT molecular complexity index is 1370. The third-order valence-electron chi connectivity index (χ3n) is 6.30. The maximum atomic E-state index is 15.5. The van der Waals surface area contributed by atoms with Crippen molar-refractivity contribution in [3.63, 3.8) is 0 Å². The van der Waals surface area contributed by atoms with E-state index in [1.54, 1.807) is 59.7 Å². The molecule has 43 heavy (non-hydrogen) atoms. The molecule has 0 radical (unpaired) electrons. The molecular weight excluding hydrogens is 622 g/mol. The normalized spacial score (nSPS) is 23.0. The highest BCUT2D eigenvalue weighted by Gasteiger charge is 2.58. The number of nitriles is 1. The molecule has 0 spiro atoms. The summed E-state index contributed by atoms with van der Waals surface area (Å²) in [7, 11) is -4.45. The number of phosphoric acid groups is 1. The third kappa shape index (κ3) is 8.58. The fourth-order valence-corrected chi connectivity index (χ4v) is 6.83. The minimum atomic E-state index is -4.45. The monoisotopic (exact) mass is 660 g/mol.